The highest BCUT2D eigenvalue weighted by Crippen LogP contribution is 2.21. The Kier molecular flexibility index (Phi) is 5.03. The van der Waals surface area contributed by atoms with Gasteiger partial charge in [0.15, 0.2) is 0 Å². The van der Waals surface area contributed by atoms with E-state index in [0.717, 1.165) is 3.57 Å². The summed E-state index contributed by atoms with van der Waals surface area (Å²) >= 11 is 7.93. The van der Waals surface area contributed by atoms with E-state index in [0.29, 0.717) is 11.4 Å². The van der Waals surface area contributed by atoms with Gasteiger partial charge in [-0.3, -0.25) is 0 Å². The lowest BCUT2D eigenvalue weighted by Gasteiger charge is -2.09. The van der Waals surface area contributed by atoms with Gasteiger partial charge in [-0.2, -0.15) is 0 Å². The molecule has 2 amide bonds. The van der Waals surface area contributed by atoms with Gasteiger partial charge in [0.25, 0.3) is 0 Å². The van der Waals surface area contributed by atoms with Crippen molar-refractivity contribution in [1.82, 2.24) is 0 Å². The van der Waals surface area contributed by atoms with Crippen molar-refractivity contribution in [2.75, 3.05) is 10.6 Å². The van der Waals surface area contributed by atoms with Crippen LogP contribution in [0.5, 0.6) is 0 Å². The zero-order valence-corrected chi connectivity index (χ0v) is 13.5. The zero-order valence-electron chi connectivity index (χ0n) is 10.6. The number of aromatic carboxylic acids is 1. The lowest BCUT2D eigenvalue weighted by molar-refractivity contribution is 0.0697. The van der Waals surface area contributed by atoms with Crippen LogP contribution in [0.15, 0.2) is 42.5 Å². The Labute approximate surface area is 139 Å². The number of anilines is 2. The second-order valence-corrected chi connectivity index (χ2v) is 5.74. The standard InChI is InChI=1S/C14H10ClIN2O3/c15-12-6-5-10(7-11(12)13(19)20)18-14(21)17-9-3-1-8(16)2-4-9/h1-7H,(H,19,20)(H2,17,18,21). The Balaban J connectivity index is 2.07. The lowest BCUT2D eigenvalue weighted by Crippen LogP contribution is -2.19. The second-order valence-electron chi connectivity index (χ2n) is 4.09. The second kappa shape index (κ2) is 6.77. The molecule has 108 valence electrons. The van der Waals surface area contributed by atoms with Crippen LogP contribution in [0.1, 0.15) is 10.4 Å². The molecule has 0 saturated carbocycles. The van der Waals surface area contributed by atoms with E-state index >= 15 is 0 Å². The fourth-order valence-corrected chi connectivity index (χ4v) is 2.15. The number of benzene rings is 2. The Morgan fingerprint density at radius 1 is 1.00 bits per heavy atom. The Bertz CT molecular complexity index is 689. The van der Waals surface area contributed by atoms with Crippen molar-refractivity contribution >= 4 is 57.6 Å². The minimum Gasteiger partial charge on any atom is -0.478 e. The van der Waals surface area contributed by atoms with Crippen molar-refractivity contribution < 1.29 is 14.7 Å². The van der Waals surface area contributed by atoms with Crippen LogP contribution in [-0.2, 0) is 0 Å². The van der Waals surface area contributed by atoms with Gasteiger partial charge in [-0.1, -0.05) is 11.6 Å². The molecule has 0 unspecified atom stereocenters. The number of carboxylic acids is 1. The number of urea groups is 1. The van der Waals surface area contributed by atoms with Crippen LogP contribution in [0.3, 0.4) is 0 Å². The molecule has 2 aromatic carbocycles. The number of hydrogen-bond acceptors (Lipinski definition) is 2. The van der Waals surface area contributed by atoms with Gasteiger partial charge >= 0.3 is 12.0 Å². The first-order valence-electron chi connectivity index (χ1n) is 5.82. The lowest BCUT2D eigenvalue weighted by atomic mass is 10.2. The van der Waals surface area contributed by atoms with E-state index in [4.69, 9.17) is 16.7 Å². The Hall–Kier alpha value is -1.80. The molecule has 5 nitrogen and oxygen atoms in total. The van der Waals surface area contributed by atoms with Gasteiger partial charge in [0.1, 0.15) is 0 Å². The maximum absolute atomic E-state index is 11.8. The largest absolute Gasteiger partial charge is 0.478 e. The third-order valence-electron chi connectivity index (χ3n) is 2.56. The van der Waals surface area contributed by atoms with Gasteiger partial charge in [0.05, 0.1) is 10.6 Å². The van der Waals surface area contributed by atoms with Gasteiger partial charge < -0.3 is 15.7 Å². The number of nitrogens with one attached hydrogen (secondary N) is 2. The van der Waals surface area contributed by atoms with Crippen molar-refractivity contribution in [2.45, 2.75) is 0 Å². The molecule has 0 saturated heterocycles. The summed E-state index contributed by atoms with van der Waals surface area (Å²) in [7, 11) is 0. The molecule has 0 spiro atoms. The zero-order chi connectivity index (χ0) is 15.4. The van der Waals surface area contributed by atoms with Crippen LogP contribution >= 0.6 is 34.2 Å². The van der Waals surface area contributed by atoms with Gasteiger partial charge in [-0.25, -0.2) is 9.59 Å². The SMILES string of the molecule is O=C(Nc1ccc(I)cc1)Nc1ccc(Cl)c(C(=O)O)c1. The van der Waals surface area contributed by atoms with E-state index in [9.17, 15) is 9.59 Å². The number of carbonyl (C=O) groups excluding carboxylic acids is 1. The molecule has 7 heteroatoms. The molecule has 0 fully saturated rings. The molecular weight excluding hydrogens is 407 g/mol. The first kappa shape index (κ1) is 15.6. The average Bonchev–Trinajstić information content (AvgIpc) is 2.43. The fraction of sp³-hybridized carbons (Fsp3) is 0. The normalized spacial score (nSPS) is 10.0. The summed E-state index contributed by atoms with van der Waals surface area (Å²) in [6.45, 7) is 0. The Morgan fingerprint density at radius 2 is 1.57 bits per heavy atom. The summed E-state index contributed by atoms with van der Waals surface area (Å²) in [5, 5.41) is 14.3. The number of hydrogen-bond donors (Lipinski definition) is 3. The van der Waals surface area contributed by atoms with Crippen LogP contribution < -0.4 is 10.6 Å². The maximum Gasteiger partial charge on any atom is 0.337 e. The van der Waals surface area contributed by atoms with Gasteiger partial charge in [0.2, 0.25) is 0 Å². The van der Waals surface area contributed by atoms with Crippen LogP contribution in [0.25, 0.3) is 0 Å². The smallest absolute Gasteiger partial charge is 0.337 e. The average molecular weight is 417 g/mol. The van der Waals surface area contributed by atoms with Gasteiger partial charge in [-0.15, -0.1) is 0 Å². The highest BCUT2D eigenvalue weighted by Gasteiger charge is 2.10. The van der Waals surface area contributed by atoms with E-state index in [1.165, 1.54) is 18.2 Å². The van der Waals surface area contributed by atoms with Crippen LogP contribution in [-0.4, -0.2) is 17.1 Å². The maximum atomic E-state index is 11.8. The quantitative estimate of drug-likeness (QED) is 0.653. The molecule has 3 N–H and O–H groups in total. The van der Waals surface area contributed by atoms with Crippen LogP contribution in [0.2, 0.25) is 5.02 Å². The first-order valence-corrected chi connectivity index (χ1v) is 7.28. The minimum atomic E-state index is -1.15. The molecule has 0 aliphatic heterocycles. The van der Waals surface area contributed by atoms with E-state index < -0.39 is 12.0 Å². The summed E-state index contributed by atoms with van der Waals surface area (Å²) < 4.78 is 1.06. The number of halogens is 2. The molecule has 0 radical (unpaired) electrons. The van der Waals surface area contributed by atoms with Crippen molar-refractivity contribution in [1.29, 1.82) is 0 Å². The topological polar surface area (TPSA) is 78.4 Å². The monoisotopic (exact) mass is 416 g/mol. The highest BCUT2D eigenvalue weighted by atomic mass is 127. The summed E-state index contributed by atoms with van der Waals surface area (Å²) in [5.41, 5.74) is 0.920. The Morgan fingerprint density at radius 3 is 2.19 bits per heavy atom. The molecule has 0 atom stereocenters. The predicted molar refractivity (Wildman–Crippen MR) is 90.2 cm³/mol. The van der Waals surface area contributed by atoms with Gasteiger partial charge in [-0.05, 0) is 65.1 Å². The number of amides is 2. The molecule has 0 bridgehead atoms. The highest BCUT2D eigenvalue weighted by molar-refractivity contribution is 14.1. The number of carboxylic acid groups (broad SMARTS) is 1. The van der Waals surface area contributed by atoms with E-state index in [1.807, 2.05) is 12.1 Å². The van der Waals surface area contributed by atoms with Gasteiger partial charge in [0, 0.05) is 14.9 Å². The first-order chi connectivity index (χ1) is 9.95. The molecule has 0 aliphatic rings. The van der Waals surface area contributed by atoms with Crippen LogP contribution in [0, 0.1) is 3.57 Å². The molecular formula is C14H10ClIN2O3. The van der Waals surface area contributed by atoms with E-state index in [1.54, 1.807) is 12.1 Å². The third-order valence-corrected chi connectivity index (χ3v) is 3.61. The predicted octanol–water partition coefficient (Wildman–Crippen LogP) is 4.29. The summed E-state index contributed by atoms with van der Waals surface area (Å²) in [6.07, 6.45) is 0. The molecule has 2 rings (SSSR count). The summed E-state index contributed by atoms with van der Waals surface area (Å²) in [4.78, 5) is 22.8. The fourth-order valence-electron chi connectivity index (χ4n) is 1.59. The van der Waals surface area contributed by atoms with Crippen molar-refractivity contribution in [3.63, 3.8) is 0 Å². The van der Waals surface area contributed by atoms with E-state index in [-0.39, 0.29) is 10.6 Å². The van der Waals surface area contributed by atoms with Crippen LogP contribution in [0.4, 0.5) is 16.2 Å². The van der Waals surface area contributed by atoms with E-state index in [2.05, 4.69) is 33.2 Å². The summed E-state index contributed by atoms with van der Waals surface area (Å²) in [6, 6.07) is 11.1. The minimum absolute atomic E-state index is 0.0660. The van der Waals surface area contributed by atoms with Crippen molar-refractivity contribution in [3.05, 3.63) is 56.6 Å². The molecule has 0 heterocycles. The molecule has 0 aromatic heterocycles. The summed E-state index contributed by atoms with van der Waals surface area (Å²) in [5.74, 6) is -1.15. The number of carbonyl (C=O) groups is 2. The van der Waals surface area contributed by atoms with Crippen molar-refractivity contribution in [2.24, 2.45) is 0 Å². The molecule has 21 heavy (non-hydrogen) atoms. The third kappa shape index (κ3) is 4.33. The molecule has 2 aromatic rings. The molecule has 0 aliphatic carbocycles. The number of rotatable bonds is 3. The van der Waals surface area contributed by atoms with Crippen molar-refractivity contribution in [3.8, 4) is 0 Å².